The van der Waals surface area contributed by atoms with Crippen LogP contribution in [0.25, 0.3) is 0 Å². The second kappa shape index (κ2) is 11.1. The van der Waals surface area contributed by atoms with E-state index in [1.54, 1.807) is 69.5 Å². The summed E-state index contributed by atoms with van der Waals surface area (Å²) in [4.78, 5) is 36.0. The molecule has 2 aromatic carbocycles. The zero-order valence-corrected chi connectivity index (χ0v) is 17.4. The molecule has 0 aliphatic rings. The van der Waals surface area contributed by atoms with E-state index in [-0.39, 0.29) is 29.4 Å². The van der Waals surface area contributed by atoms with E-state index in [1.165, 1.54) is 11.8 Å². The zero-order valence-electron chi connectivity index (χ0n) is 16.6. The molecule has 0 heterocycles. The van der Waals surface area contributed by atoms with Gasteiger partial charge in [0.1, 0.15) is 5.75 Å². The number of rotatable bonds is 9. The molecule has 2 aromatic rings. The number of methoxy groups -OCH3 is 1. The standard InChI is InChI=1S/C21H24N2O5S/c1-14(2)28-21(26)15-5-4-6-17(11-15)23-20(25)13-29-12-19(24)22-16-7-9-18(27-3)10-8-16/h4-11,14H,12-13H2,1-3H3,(H,22,24)(H,23,25). The minimum atomic E-state index is -0.444. The topological polar surface area (TPSA) is 93.7 Å². The number of ether oxygens (including phenoxy) is 2. The summed E-state index contributed by atoms with van der Waals surface area (Å²) < 4.78 is 10.2. The van der Waals surface area contributed by atoms with Gasteiger partial charge in [0.25, 0.3) is 0 Å². The molecule has 2 amide bonds. The van der Waals surface area contributed by atoms with Crippen molar-refractivity contribution in [2.75, 3.05) is 29.2 Å². The van der Waals surface area contributed by atoms with Gasteiger partial charge < -0.3 is 20.1 Å². The van der Waals surface area contributed by atoms with Crippen molar-refractivity contribution < 1.29 is 23.9 Å². The lowest BCUT2D eigenvalue weighted by Gasteiger charge is -2.10. The van der Waals surface area contributed by atoms with Crippen molar-refractivity contribution in [3.63, 3.8) is 0 Å². The molecule has 29 heavy (non-hydrogen) atoms. The van der Waals surface area contributed by atoms with Crippen LogP contribution in [-0.4, -0.2) is 42.5 Å². The molecule has 0 spiro atoms. The minimum Gasteiger partial charge on any atom is -0.497 e. The van der Waals surface area contributed by atoms with Crippen molar-refractivity contribution in [1.29, 1.82) is 0 Å². The highest BCUT2D eigenvalue weighted by Gasteiger charge is 2.11. The molecule has 7 nitrogen and oxygen atoms in total. The van der Waals surface area contributed by atoms with Crippen LogP contribution in [0.1, 0.15) is 24.2 Å². The predicted octanol–water partition coefficient (Wildman–Crippen LogP) is 3.57. The van der Waals surface area contributed by atoms with E-state index in [0.717, 1.165) is 0 Å². The van der Waals surface area contributed by atoms with Crippen molar-refractivity contribution >= 4 is 40.9 Å². The minimum absolute atomic E-state index is 0.108. The number of carbonyl (C=O) groups is 3. The van der Waals surface area contributed by atoms with Gasteiger partial charge in [-0.05, 0) is 56.3 Å². The maximum Gasteiger partial charge on any atom is 0.338 e. The van der Waals surface area contributed by atoms with E-state index in [1.807, 2.05) is 0 Å². The molecule has 2 rings (SSSR count). The fourth-order valence-electron chi connectivity index (χ4n) is 2.31. The van der Waals surface area contributed by atoms with Crippen LogP contribution in [0.2, 0.25) is 0 Å². The first-order chi connectivity index (χ1) is 13.9. The van der Waals surface area contributed by atoms with Gasteiger partial charge in [-0.1, -0.05) is 6.07 Å². The Balaban J connectivity index is 1.76. The Morgan fingerprint density at radius 3 is 2.14 bits per heavy atom. The number of anilines is 2. The van der Waals surface area contributed by atoms with Gasteiger partial charge in [0.2, 0.25) is 11.8 Å². The van der Waals surface area contributed by atoms with Gasteiger partial charge in [0.05, 0.1) is 30.3 Å². The number of carbonyl (C=O) groups excluding carboxylic acids is 3. The Morgan fingerprint density at radius 1 is 0.931 bits per heavy atom. The Morgan fingerprint density at radius 2 is 1.55 bits per heavy atom. The van der Waals surface area contributed by atoms with Crippen molar-refractivity contribution in [2.24, 2.45) is 0 Å². The lowest BCUT2D eigenvalue weighted by atomic mass is 10.2. The second-order valence-electron chi connectivity index (χ2n) is 6.35. The molecule has 0 unspecified atom stereocenters. The largest absolute Gasteiger partial charge is 0.497 e. The predicted molar refractivity (Wildman–Crippen MR) is 115 cm³/mol. The summed E-state index contributed by atoms with van der Waals surface area (Å²) in [6.07, 6.45) is -0.221. The molecule has 0 fully saturated rings. The number of hydrogen-bond donors (Lipinski definition) is 2. The van der Waals surface area contributed by atoms with Gasteiger partial charge in [0, 0.05) is 11.4 Å². The fourth-order valence-corrected chi connectivity index (χ4v) is 2.93. The Kier molecular flexibility index (Phi) is 8.54. The second-order valence-corrected chi connectivity index (χ2v) is 7.34. The molecule has 0 saturated carbocycles. The summed E-state index contributed by atoms with van der Waals surface area (Å²) in [6, 6.07) is 13.5. The van der Waals surface area contributed by atoms with E-state index < -0.39 is 5.97 Å². The smallest absolute Gasteiger partial charge is 0.338 e. The highest BCUT2D eigenvalue weighted by Crippen LogP contribution is 2.16. The molecule has 0 bridgehead atoms. The first kappa shape index (κ1) is 22.3. The molecule has 0 saturated heterocycles. The Labute approximate surface area is 174 Å². The highest BCUT2D eigenvalue weighted by atomic mass is 32.2. The van der Waals surface area contributed by atoms with Crippen molar-refractivity contribution in [2.45, 2.75) is 20.0 Å². The van der Waals surface area contributed by atoms with Gasteiger partial charge in [-0.25, -0.2) is 4.79 Å². The first-order valence-electron chi connectivity index (χ1n) is 9.00. The lowest BCUT2D eigenvalue weighted by Crippen LogP contribution is -2.18. The molecule has 0 aliphatic heterocycles. The van der Waals surface area contributed by atoms with E-state index in [0.29, 0.717) is 22.7 Å². The molecule has 154 valence electrons. The van der Waals surface area contributed by atoms with Crippen LogP contribution < -0.4 is 15.4 Å². The van der Waals surface area contributed by atoms with Crippen LogP contribution in [0.5, 0.6) is 5.75 Å². The van der Waals surface area contributed by atoms with Crippen molar-refractivity contribution in [1.82, 2.24) is 0 Å². The molecular formula is C21H24N2O5S. The van der Waals surface area contributed by atoms with Crippen LogP contribution in [0.4, 0.5) is 11.4 Å². The molecule has 0 aromatic heterocycles. The summed E-state index contributed by atoms with van der Waals surface area (Å²) in [5, 5.41) is 5.47. The van der Waals surface area contributed by atoms with E-state index in [4.69, 9.17) is 9.47 Å². The van der Waals surface area contributed by atoms with E-state index in [2.05, 4.69) is 10.6 Å². The lowest BCUT2D eigenvalue weighted by molar-refractivity contribution is -0.114. The van der Waals surface area contributed by atoms with Gasteiger partial charge in [-0.2, -0.15) is 0 Å². The summed E-state index contributed by atoms with van der Waals surface area (Å²) in [5.74, 6) is 0.0426. The number of esters is 1. The summed E-state index contributed by atoms with van der Waals surface area (Å²) in [5.41, 5.74) is 1.52. The number of amides is 2. The molecule has 0 atom stereocenters. The third-order valence-corrected chi connectivity index (χ3v) is 4.50. The van der Waals surface area contributed by atoms with Crippen LogP contribution in [0.3, 0.4) is 0 Å². The van der Waals surface area contributed by atoms with Gasteiger partial charge in [0.15, 0.2) is 0 Å². The van der Waals surface area contributed by atoms with Crippen molar-refractivity contribution in [3.05, 3.63) is 54.1 Å². The monoisotopic (exact) mass is 416 g/mol. The first-order valence-corrected chi connectivity index (χ1v) is 10.2. The van der Waals surface area contributed by atoms with Gasteiger partial charge in [-0.3, -0.25) is 9.59 Å². The highest BCUT2D eigenvalue weighted by molar-refractivity contribution is 8.00. The molecule has 2 N–H and O–H groups in total. The Hall–Kier alpha value is -3.00. The average Bonchev–Trinajstić information content (AvgIpc) is 2.68. The number of hydrogen-bond acceptors (Lipinski definition) is 6. The number of nitrogens with one attached hydrogen (secondary N) is 2. The maximum atomic E-state index is 12.1. The number of benzene rings is 2. The molecule has 8 heteroatoms. The molecule has 0 radical (unpaired) electrons. The zero-order chi connectivity index (χ0) is 21.2. The average molecular weight is 416 g/mol. The Bertz CT molecular complexity index is 852. The van der Waals surface area contributed by atoms with Crippen molar-refractivity contribution in [3.8, 4) is 5.75 Å². The quantitative estimate of drug-likeness (QED) is 0.607. The molecule has 0 aliphatic carbocycles. The molecular weight excluding hydrogens is 392 g/mol. The maximum absolute atomic E-state index is 12.1. The van der Waals surface area contributed by atoms with E-state index in [9.17, 15) is 14.4 Å². The number of thioether (sulfide) groups is 1. The normalized spacial score (nSPS) is 10.3. The van der Waals surface area contributed by atoms with Crippen LogP contribution >= 0.6 is 11.8 Å². The SMILES string of the molecule is COc1ccc(NC(=O)CSCC(=O)Nc2cccc(C(=O)OC(C)C)c2)cc1. The van der Waals surface area contributed by atoms with Gasteiger partial charge in [-0.15, -0.1) is 11.8 Å². The summed E-state index contributed by atoms with van der Waals surface area (Å²) >= 11 is 1.19. The summed E-state index contributed by atoms with van der Waals surface area (Å²) in [6.45, 7) is 3.54. The third-order valence-electron chi connectivity index (χ3n) is 3.56. The van der Waals surface area contributed by atoms with Crippen LogP contribution in [-0.2, 0) is 14.3 Å². The van der Waals surface area contributed by atoms with Crippen LogP contribution in [0, 0.1) is 0 Å². The summed E-state index contributed by atoms with van der Waals surface area (Å²) in [7, 11) is 1.57. The third kappa shape index (κ3) is 7.87. The van der Waals surface area contributed by atoms with Crippen LogP contribution in [0.15, 0.2) is 48.5 Å². The fraction of sp³-hybridized carbons (Fsp3) is 0.286. The van der Waals surface area contributed by atoms with E-state index >= 15 is 0 Å². The van der Waals surface area contributed by atoms with Gasteiger partial charge >= 0.3 is 5.97 Å².